The Bertz CT molecular complexity index is 1220. The van der Waals surface area contributed by atoms with E-state index in [1.165, 1.54) is 12.1 Å². The number of ether oxygens (including phenoxy) is 1. The number of halogens is 2. The first kappa shape index (κ1) is 24.3. The van der Waals surface area contributed by atoms with Gasteiger partial charge in [0, 0.05) is 17.3 Å². The topological polar surface area (TPSA) is 79.9 Å². The summed E-state index contributed by atoms with van der Waals surface area (Å²) in [5, 5.41) is 12.2. The third-order valence-corrected chi connectivity index (χ3v) is 5.83. The summed E-state index contributed by atoms with van der Waals surface area (Å²) >= 11 is 6.70. The average molecular weight is 469 g/mol. The van der Waals surface area contributed by atoms with Crippen molar-refractivity contribution >= 4 is 17.5 Å². The van der Waals surface area contributed by atoms with Gasteiger partial charge in [0.05, 0.1) is 12.7 Å². The van der Waals surface area contributed by atoms with Gasteiger partial charge in [-0.3, -0.25) is 9.36 Å². The summed E-state index contributed by atoms with van der Waals surface area (Å²) < 4.78 is 21.4. The number of benzene rings is 2. The van der Waals surface area contributed by atoms with Crippen LogP contribution in [0.1, 0.15) is 54.7 Å². The summed E-state index contributed by atoms with van der Waals surface area (Å²) in [5.41, 5.74) is 1.87. The quantitative estimate of drug-likeness (QED) is 0.451. The highest BCUT2D eigenvalue weighted by Crippen LogP contribution is 2.32. The summed E-state index contributed by atoms with van der Waals surface area (Å²) in [6, 6.07) is 11.4. The molecule has 0 saturated carbocycles. The van der Waals surface area contributed by atoms with Crippen molar-refractivity contribution in [3.05, 3.63) is 64.2 Å². The Morgan fingerprint density at radius 3 is 2.64 bits per heavy atom. The molecule has 0 aliphatic rings. The average Bonchev–Trinajstić information content (AvgIpc) is 3.15. The molecule has 2 aromatic carbocycles. The maximum absolute atomic E-state index is 14.4. The molecule has 33 heavy (non-hydrogen) atoms. The molecular weight excluding hydrogens is 443 g/mol. The largest absolute Gasteiger partial charge is 0.496 e. The molecule has 1 unspecified atom stereocenters. The standard InChI is InChI=1S/C25H26ClFN4O2/c1-5-7-18(6-2)29-25(32)22-23(26)31(19-10-11-21(33-4)15(3)12-19)24(30-22)16-8-9-17(14-28)20(27)13-16/h8-13,18H,5-7H2,1-4H3,(H,29,32). The highest BCUT2D eigenvalue weighted by atomic mass is 35.5. The number of hydrogen-bond acceptors (Lipinski definition) is 4. The van der Waals surface area contributed by atoms with E-state index >= 15 is 0 Å². The monoisotopic (exact) mass is 468 g/mol. The van der Waals surface area contributed by atoms with Crippen molar-refractivity contribution < 1.29 is 13.9 Å². The number of nitriles is 1. The van der Waals surface area contributed by atoms with E-state index in [0.29, 0.717) is 22.8 Å². The lowest BCUT2D eigenvalue weighted by Crippen LogP contribution is -2.34. The molecule has 3 aromatic rings. The zero-order valence-corrected chi connectivity index (χ0v) is 19.8. The van der Waals surface area contributed by atoms with E-state index in [4.69, 9.17) is 21.6 Å². The van der Waals surface area contributed by atoms with Crippen LogP contribution in [0.4, 0.5) is 4.39 Å². The molecule has 0 radical (unpaired) electrons. The molecule has 0 saturated heterocycles. The minimum atomic E-state index is -0.674. The fourth-order valence-electron chi connectivity index (χ4n) is 3.70. The molecule has 0 spiro atoms. The minimum Gasteiger partial charge on any atom is -0.496 e. The predicted molar refractivity (Wildman–Crippen MR) is 126 cm³/mol. The molecule has 1 heterocycles. The van der Waals surface area contributed by atoms with Crippen LogP contribution in [0.25, 0.3) is 17.1 Å². The van der Waals surface area contributed by atoms with Gasteiger partial charge in [-0.1, -0.05) is 31.9 Å². The first-order chi connectivity index (χ1) is 15.8. The fraction of sp³-hybridized carbons (Fsp3) is 0.320. The first-order valence-electron chi connectivity index (χ1n) is 10.8. The lowest BCUT2D eigenvalue weighted by Gasteiger charge is -2.15. The molecule has 1 aromatic heterocycles. The fourth-order valence-corrected chi connectivity index (χ4v) is 4.01. The minimum absolute atomic E-state index is 0.00255. The van der Waals surface area contributed by atoms with Gasteiger partial charge in [-0.25, -0.2) is 9.37 Å². The van der Waals surface area contributed by atoms with Crippen molar-refractivity contribution in [1.82, 2.24) is 14.9 Å². The van der Waals surface area contributed by atoms with Crippen LogP contribution in [0.3, 0.4) is 0 Å². The molecular formula is C25H26ClFN4O2. The van der Waals surface area contributed by atoms with Gasteiger partial charge in [-0.05, 0) is 61.7 Å². The molecule has 1 atom stereocenters. The van der Waals surface area contributed by atoms with Crippen molar-refractivity contribution in [2.75, 3.05) is 7.11 Å². The lowest BCUT2D eigenvalue weighted by molar-refractivity contribution is 0.0929. The SMILES string of the molecule is CCCC(CC)NC(=O)c1nc(-c2ccc(C#N)c(F)c2)n(-c2ccc(OC)c(C)c2)c1Cl. The van der Waals surface area contributed by atoms with Gasteiger partial charge < -0.3 is 10.1 Å². The second-order valence-electron chi connectivity index (χ2n) is 7.74. The highest BCUT2D eigenvalue weighted by Gasteiger charge is 2.25. The van der Waals surface area contributed by atoms with Crippen LogP contribution in [0.5, 0.6) is 5.75 Å². The van der Waals surface area contributed by atoms with Crippen LogP contribution in [0.2, 0.25) is 5.15 Å². The number of nitrogens with one attached hydrogen (secondary N) is 1. The Hall–Kier alpha value is -3.37. The third-order valence-electron chi connectivity index (χ3n) is 5.49. The van der Waals surface area contributed by atoms with E-state index in [1.54, 1.807) is 29.9 Å². The normalized spacial score (nSPS) is 11.7. The maximum Gasteiger partial charge on any atom is 0.273 e. The second kappa shape index (κ2) is 10.5. The summed E-state index contributed by atoms with van der Waals surface area (Å²) in [7, 11) is 1.58. The number of nitrogens with zero attached hydrogens (tertiary/aromatic N) is 3. The molecule has 0 aliphatic carbocycles. The number of rotatable bonds is 8. The van der Waals surface area contributed by atoms with Crippen LogP contribution in [-0.4, -0.2) is 28.6 Å². The van der Waals surface area contributed by atoms with Crippen molar-refractivity contribution in [2.24, 2.45) is 0 Å². The third kappa shape index (κ3) is 5.01. The molecule has 0 fully saturated rings. The van der Waals surface area contributed by atoms with E-state index in [1.807, 2.05) is 26.0 Å². The predicted octanol–water partition coefficient (Wildman–Crippen LogP) is 5.83. The van der Waals surface area contributed by atoms with Gasteiger partial charge in [0.25, 0.3) is 5.91 Å². The van der Waals surface area contributed by atoms with Crippen LogP contribution >= 0.6 is 11.6 Å². The van der Waals surface area contributed by atoms with Crippen molar-refractivity contribution in [3.63, 3.8) is 0 Å². The van der Waals surface area contributed by atoms with Gasteiger partial charge in [-0.2, -0.15) is 5.26 Å². The van der Waals surface area contributed by atoms with Gasteiger partial charge in [0.15, 0.2) is 5.69 Å². The zero-order valence-electron chi connectivity index (χ0n) is 19.1. The number of hydrogen-bond donors (Lipinski definition) is 1. The zero-order chi connectivity index (χ0) is 24.1. The van der Waals surface area contributed by atoms with Gasteiger partial charge in [0.2, 0.25) is 0 Å². The Balaban J connectivity index is 2.17. The molecule has 0 bridgehead atoms. The van der Waals surface area contributed by atoms with E-state index in [0.717, 1.165) is 24.8 Å². The lowest BCUT2D eigenvalue weighted by atomic mass is 10.1. The Morgan fingerprint density at radius 1 is 1.30 bits per heavy atom. The Morgan fingerprint density at radius 2 is 2.06 bits per heavy atom. The second-order valence-corrected chi connectivity index (χ2v) is 8.10. The first-order valence-corrected chi connectivity index (χ1v) is 11.2. The number of amides is 1. The summed E-state index contributed by atoms with van der Waals surface area (Å²) in [6.45, 7) is 5.95. The van der Waals surface area contributed by atoms with E-state index in [2.05, 4.69) is 17.2 Å². The number of methoxy groups -OCH3 is 1. The van der Waals surface area contributed by atoms with Crippen molar-refractivity contribution in [2.45, 2.75) is 46.1 Å². The maximum atomic E-state index is 14.4. The van der Waals surface area contributed by atoms with Gasteiger partial charge >= 0.3 is 0 Å². The molecule has 8 heteroatoms. The number of imidazole rings is 1. The van der Waals surface area contributed by atoms with Crippen LogP contribution < -0.4 is 10.1 Å². The van der Waals surface area contributed by atoms with Crippen LogP contribution in [0.15, 0.2) is 36.4 Å². The highest BCUT2D eigenvalue weighted by molar-refractivity contribution is 6.33. The van der Waals surface area contributed by atoms with Crippen molar-refractivity contribution in [3.8, 4) is 28.9 Å². The molecule has 1 N–H and O–H groups in total. The van der Waals surface area contributed by atoms with E-state index in [9.17, 15) is 9.18 Å². The Kier molecular flexibility index (Phi) is 7.72. The van der Waals surface area contributed by atoms with Gasteiger partial charge in [-0.15, -0.1) is 0 Å². The van der Waals surface area contributed by atoms with E-state index in [-0.39, 0.29) is 28.4 Å². The molecule has 1 amide bonds. The van der Waals surface area contributed by atoms with Gasteiger partial charge in [0.1, 0.15) is 28.6 Å². The number of aromatic nitrogens is 2. The van der Waals surface area contributed by atoms with Crippen LogP contribution in [0, 0.1) is 24.1 Å². The summed E-state index contributed by atoms with van der Waals surface area (Å²) in [5.74, 6) is -0.0721. The molecule has 3 rings (SSSR count). The summed E-state index contributed by atoms with van der Waals surface area (Å²) in [6.07, 6.45) is 2.55. The number of carbonyl (C=O) groups excluding carboxylic acids is 1. The molecule has 6 nitrogen and oxygen atoms in total. The number of aryl methyl sites for hydroxylation is 1. The van der Waals surface area contributed by atoms with E-state index < -0.39 is 5.82 Å². The van der Waals surface area contributed by atoms with Crippen LogP contribution in [-0.2, 0) is 0 Å². The Labute approximate surface area is 198 Å². The molecule has 172 valence electrons. The number of carbonyl (C=O) groups is 1. The summed E-state index contributed by atoms with van der Waals surface area (Å²) in [4.78, 5) is 17.6. The smallest absolute Gasteiger partial charge is 0.273 e. The molecule has 0 aliphatic heterocycles. The van der Waals surface area contributed by atoms with Crippen molar-refractivity contribution in [1.29, 1.82) is 5.26 Å².